The third kappa shape index (κ3) is 6.17. The van der Waals surface area contributed by atoms with E-state index < -0.39 is 23.3 Å². The van der Waals surface area contributed by atoms with Crippen LogP contribution in [0.2, 0.25) is 10.0 Å². The summed E-state index contributed by atoms with van der Waals surface area (Å²) < 4.78 is 4.98. The second kappa shape index (κ2) is 11.9. The van der Waals surface area contributed by atoms with Crippen molar-refractivity contribution in [1.29, 1.82) is 0 Å². The molecule has 8 heteroatoms. The molecule has 35 heavy (non-hydrogen) atoms. The van der Waals surface area contributed by atoms with Gasteiger partial charge in [0.1, 0.15) is 6.04 Å². The molecule has 0 aliphatic heterocycles. The molecule has 0 aromatic heterocycles. The fourth-order valence-electron chi connectivity index (χ4n) is 4.85. The van der Waals surface area contributed by atoms with Crippen molar-refractivity contribution in [3.63, 3.8) is 0 Å². The predicted molar refractivity (Wildman–Crippen MR) is 139 cm³/mol. The molecule has 1 unspecified atom stereocenters. The van der Waals surface area contributed by atoms with Crippen LogP contribution in [0.25, 0.3) is 0 Å². The van der Waals surface area contributed by atoms with Crippen LogP contribution in [0.4, 0.5) is 5.69 Å². The summed E-state index contributed by atoms with van der Waals surface area (Å²) in [6.45, 7) is 4.21. The van der Waals surface area contributed by atoms with E-state index in [9.17, 15) is 14.4 Å². The second-order valence-electron chi connectivity index (χ2n) is 9.17. The van der Waals surface area contributed by atoms with Gasteiger partial charge in [-0.25, -0.2) is 4.79 Å². The average Bonchev–Trinajstić information content (AvgIpc) is 3.35. The van der Waals surface area contributed by atoms with Gasteiger partial charge in [-0.15, -0.1) is 0 Å². The summed E-state index contributed by atoms with van der Waals surface area (Å²) in [6.07, 6.45) is 4.90. The third-order valence-corrected chi connectivity index (χ3v) is 7.77. The molecule has 1 saturated carbocycles. The van der Waals surface area contributed by atoms with E-state index in [0.717, 1.165) is 37.7 Å². The van der Waals surface area contributed by atoms with Gasteiger partial charge >= 0.3 is 5.97 Å². The highest BCUT2D eigenvalue weighted by Gasteiger charge is 2.45. The number of benzene rings is 2. The largest absolute Gasteiger partial charge is 0.467 e. The van der Waals surface area contributed by atoms with Crippen molar-refractivity contribution in [2.45, 2.75) is 58.4 Å². The zero-order valence-electron chi connectivity index (χ0n) is 20.3. The first-order chi connectivity index (χ1) is 16.7. The summed E-state index contributed by atoms with van der Waals surface area (Å²) in [4.78, 5) is 38.5. The predicted octanol–water partition coefficient (Wildman–Crippen LogP) is 6.05. The van der Waals surface area contributed by atoms with Gasteiger partial charge < -0.3 is 15.4 Å². The fourth-order valence-corrected chi connectivity index (χ4v) is 5.42. The Kier molecular flexibility index (Phi) is 9.20. The number of carbonyl (C=O) groups is 3. The van der Waals surface area contributed by atoms with E-state index in [-0.39, 0.29) is 33.9 Å². The second-order valence-corrected chi connectivity index (χ2v) is 9.99. The van der Waals surface area contributed by atoms with Crippen LogP contribution in [0, 0.1) is 11.3 Å². The Balaban J connectivity index is 1.71. The Morgan fingerprint density at radius 3 is 2.17 bits per heavy atom. The lowest BCUT2D eigenvalue weighted by atomic mass is 9.72. The Hall–Kier alpha value is -2.57. The normalized spacial score (nSPS) is 16.3. The number of halogens is 2. The van der Waals surface area contributed by atoms with E-state index in [0.29, 0.717) is 5.69 Å². The highest BCUT2D eigenvalue weighted by molar-refractivity contribution is 6.40. The van der Waals surface area contributed by atoms with Gasteiger partial charge in [-0.2, -0.15) is 0 Å². The topological polar surface area (TPSA) is 84.5 Å². The minimum Gasteiger partial charge on any atom is -0.467 e. The van der Waals surface area contributed by atoms with E-state index in [1.54, 1.807) is 42.5 Å². The number of methoxy groups -OCH3 is 1. The number of hydrogen-bond acceptors (Lipinski definition) is 4. The fraction of sp³-hybridized carbons (Fsp3) is 0.444. The van der Waals surface area contributed by atoms with E-state index in [1.807, 2.05) is 0 Å². The lowest BCUT2D eigenvalue weighted by molar-refractivity contribution is -0.147. The molecule has 0 saturated heterocycles. The molecule has 2 atom stereocenters. The first kappa shape index (κ1) is 27.0. The van der Waals surface area contributed by atoms with Gasteiger partial charge in [0.25, 0.3) is 5.91 Å². The Labute approximate surface area is 216 Å². The number of anilines is 1. The molecule has 1 fully saturated rings. The SMILES string of the molecule is CCC(C)C1(C(=O)N[C@@H](Cc2ccc(NC(=O)c3c(Cl)cccc3Cl)cc2)C(=O)OC)CCCC1. The van der Waals surface area contributed by atoms with Crippen molar-refractivity contribution >= 4 is 46.7 Å². The van der Waals surface area contributed by atoms with Crippen LogP contribution in [0.3, 0.4) is 0 Å². The molecule has 1 aliphatic carbocycles. The molecule has 1 aliphatic rings. The minimum absolute atomic E-state index is 0.0692. The molecule has 0 heterocycles. The molecule has 6 nitrogen and oxygen atoms in total. The third-order valence-electron chi connectivity index (χ3n) is 7.14. The van der Waals surface area contributed by atoms with E-state index in [2.05, 4.69) is 24.5 Å². The highest BCUT2D eigenvalue weighted by atomic mass is 35.5. The number of carbonyl (C=O) groups excluding carboxylic acids is 3. The maximum atomic E-state index is 13.4. The maximum absolute atomic E-state index is 13.4. The van der Waals surface area contributed by atoms with Crippen molar-refractivity contribution < 1.29 is 19.1 Å². The molecular weight excluding hydrogens is 487 g/mol. The van der Waals surface area contributed by atoms with Crippen LogP contribution >= 0.6 is 23.2 Å². The lowest BCUT2D eigenvalue weighted by Gasteiger charge is -2.34. The first-order valence-electron chi connectivity index (χ1n) is 11.9. The van der Waals surface area contributed by atoms with Crippen molar-refractivity contribution in [2.75, 3.05) is 12.4 Å². The van der Waals surface area contributed by atoms with Crippen molar-refractivity contribution in [3.8, 4) is 0 Å². The van der Waals surface area contributed by atoms with Crippen LogP contribution in [0.5, 0.6) is 0 Å². The molecule has 2 N–H and O–H groups in total. The number of esters is 1. The molecule has 0 spiro atoms. The molecule has 0 radical (unpaired) electrons. The van der Waals surface area contributed by atoms with Gasteiger partial charge in [0, 0.05) is 12.1 Å². The summed E-state index contributed by atoms with van der Waals surface area (Å²) in [5.74, 6) is -0.737. The van der Waals surface area contributed by atoms with Gasteiger partial charge in [-0.05, 0) is 48.6 Å². The number of amides is 2. The number of ether oxygens (including phenoxy) is 1. The molecule has 188 valence electrons. The van der Waals surface area contributed by atoms with Crippen molar-refractivity contribution in [2.24, 2.45) is 11.3 Å². The molecule has 2 aromatic rings. The van der Waals surface area contributed by atoms with Gasteiger partial charge in [-0.3, -0.25) is 9.59 Å². The Bertz CT molecular complexity index is 1050. The number of hydrogen-bond donors (Lipinski definition) is 2. The van der Waals surface area contributed by atoms with Crippen molar-refractivity contribution in [1.82, 2.24) is 5.32 Å². The Morgan fingerprint density at radius 1 is 1.03 bits per heavy atom. The molecule has 2 aromatic carbocycles. The standard InChI is InChI=1S/C27H32Cl2N2O4/c1-4-17(2)27(14-5-6-15-27)26(34)31-22(25(33)35-3)16-18-10-12-19(13-11-18)30-24(32)23-20(28)8-7-9-21(23)29/h7-13,17,22H,4-6,14-16H2,1-3H3,(H,30,32)(H,31,34)/t17?,22-/m0/s1. The number of rotatable bonds is 9. The van der Waals surface area contributed by atoms with Crippen LogP contribution in [-0.4, -0.2) is 30.9 Å². The van der Waals surface area contributed by atoms with Crippen LogP contribution < -0.4 is 10.6 Å². The average molecular weight is 519 g/mol. The highest BCUT2D eigenvalue weighted by Crippen LogP contribution is 2.46. The zero-order valence-corrected chi connectivity index (χ0v) is 21.8. The zero-order chi connectivity index (χ0) is 25.6. The molecular formula is C27H32Cl2N2O4. The van der Waals surface area contributed by atoms with E-state index in [4.69, 9.17) is 27.9 Å². The van der Waals surface area contributed by atoms with Gasteiger partial charge in [0.2, 0.25) is 5.91 Å². The van der Waals surface area contributed by atoms with Gasteiger partial charge in [0.05, 0.1) is 28.1 Å². The van der Waals surface area contributed by atoms with Gasteiger partial charge in [-0.1, -0.05) is 74.5 Å². The summed E-state index contributed by atoms with van der Waals surface area (Å²) in [5, 5.41) is 6.29. The van der Waals surface area contributed by atoms with E-state index >= 15 is 0 Å². The smallest absolute Gasteiger partial charge is 0.328 e. The lowest BCUT2D eigenvalue weighted by Crippen LogP contribution is -2.51. The van der Waals surface area contributed by atoms with Gasteiger partial charge in [0.15, 0.2) is 0 Å². The summed E-state index contributed by atoms with van der Waals surface area (Å²) in [6, 6.07) is 11.1. The monoisotopic (exact) mass is 518 g/mol. The van der Waals surface area contributed by atoms with Crippen LogP contribution in [0.1, 0.15) is 61.9 Å². The Morgan fingerprint density at radius 2 is 1.63 bits per heavy atom. The quantitative estimate of drug-likeness (QED) is 0.395. The molecule has 2 amide bonds. The van der Waals surface area contributed by atoms with Crippen LogP contribution in [-0.2, 0) is 20.7 Å². The van der Waals surface area contributed by atoms with Crippen LogP contribution in [0.15, 0.2) is 42.5 Å². The van der Waals surface area contributed by atoms with E-state index in [1.165, 1.54) is 7.11 Å². The number of nitrogens with one attached hydrogen (secondary N) is 2. The summed E-state index contributed by atoms with van der Waals surface area (Å²) in [7, 11) is 1.32. The molecule has 0 bridgehead atoms. The molecule has 3 rings (SSSR count). The maximum Gasteiger partial charge on any atom is 0.328 e. The summed E-state index contributed by atoms with van der Waals surface area (Å²) >= 11 is 12.2. The summed E-state index contributed by atoms with van der Waals surface area (Å²) in [5.41, 5.74) is 1.14. The minimum atomic E-state index is -0.795. The van der Waals surface area contributed by atoms with Crippen molar-refractivity contribution in [3.05, 3.63) is 63.6 Å². The first-order valence-corrected chi connectivity index (χ1v) is 12.7.